The third kappa shape index (κ3) is 6.13. The molecule has 0 heterocycles. The molecule has 0 aliphatic rings. The van der Waals surface area contributed by atoms with Gasteiger partial charge in [-0.1, -0.05) is 38.0 Å². The molecule has 0 fully saturated rings. The fourth-order valence-corrected chi connectivity index (χ4v) is 2.73. The summed E-state index contributed by atoms with van der Waals surface area (Å²) in [5, 5.41) is 4.22. The Balaban J connectivity index is 2.29. The van der Waals surface area contributed by atoms with Gasteiger partial charge in [-0.25, -0.2) is 0 Å². The molecule has 1 N–H and O–H groups in total. The van der Waals surface area contributed by atoms with E-state index in [1.165, 1.54) is 23.3 Å². The van der Waals surface area contributed by atoms with Crippen LogP contribution in [0, 0.1) is 6.92 Å². The van der Waals surface area contributed by atoms with E-state index in [0.717, 1.165) is 6.54 Å². The highest BCUT2D eigenvalue weighted by Crippen LogP contribution is 2.23. The van der Waals surface area contributed by atoms with Crippen molar-refractivity contribution in [1.29, 1.82) is 0 Å². The lowest BCUT2D eigenvalue weighted by molar-refractivity contribution is 0.511. The van der Waals surface area contributed by atoms with Crippen LogP contribution in [0.15, 0.2) is 29.2 Å². The quantitative estimate of drug-likeness (QED) is 0.727. The van der Waals surface area contributed by atoms with Crippen molar-refractivity contribution < 1.29 is 0 Å². The van der Waals surface area contributed by atoms with Crippen LogP contribution >= 0.6 is 11.8 Å². The molecule has 0 spiro atoms. The topological polar surface area (TPSA) is 12.0 Å². The monoisotopic (exact) mass is 251 g/mol. The fourth-order valence-electron chi connectivity index (χ4n) is 1.79. The highest BCUT2D eigenvalue weighted by molar-refractivity contribution is 8.00. The molecule has 0 radical (unpaired) electrons. The zero-order valence-corrected chi connectivity index (χ0v) is 12.3. The van der Waals surface area contributed by atoms with Crippen molar-refractivity contribution in [3.05, 3.63) is 29.8 Å². The van der Waals surface area contributed by atoms with Crippen LogP contribution in [-0.2, 0) is 0 Å². The predicted octanol–water partition coefficient (Wildman–Crippen LogP) is 4.25. The van der Waals surface area contributed by atoms with E-state index in [9.17, 15) is 0 Å². The average Bonchev–Trinajstić information content (AvgIpc) is 2.30. The van der Waals surface area contributed by atoms with Gasteiger partial charge in [0.25, 0.3) is 0 Å². The molecule has 0 amide bonds. The minimum absolute atomic E-state index is 0.622. The zero-order valence-electron chi connectivity index (χ0n) is 11.5. The molecule has 2 heteroatoms. The molecule has 17 heavy (non-hydrogen) atoms. The van der Waals surface area contributed by atoms with E-state index in [0.29, 0.717) is 11.3 Å². The molecule has 0 saturated heterocycles. The largest absolute Gasteiger partial charge is 0.313 e. The molecule has 2 unspecified atom stereocenters. The van der Waals surface area contributed by atoms with Crippen LogP contribution in [0.1, 0.15) is 39.2 Å². The van der Waals surface area contributed by atoms with Gasteiger partial charge in [0.05, 0.1) is 0 Å². The Morgan fingerprint density at radius 1 is 1.18 bits per heavy atom. The van der Waals surface area contributed by atoms with Crippen LogP contribution in [0.25, 0.3) is 0 Å². The first-order valence-corrected chi connectivity index (χ1v) is 7.46. The summed E-state index contributed by atoms with van der Waals surface area (Å²) in [5.74, 6) is 0. The molecular weight excluding hydrogens is 226 g/mol. The molecule has 0 aliphatic carbocycles. The van der Waals surface area contributed by atoms with Crippen LogP contribution in [0.5, 0.6) is 0 Å². The summed E-state index contributed by atoms with van der Waals surface area (Å²) in [4.78, 5) is 1.37. The summed E-state index contributed by atoms with van der Waals surface area (Å²) in [6, 6.07) is 9.43. The summed E-state index contributed by atoms with van der Waals surface area (Å²) in [5.41, 5.74) is 1.33. The van der Waals surface area contributed by atoms with Crippen LogP contribution < -0.4 is 5.32 Å². The second-order valence-corrected chi connectivity index (χ2v) is 6.35. The number of nitrogens with one attached hydrogen (secondary N) is 1. The minimum Gasteiger partial charge on any atom is -0.313 e. The molecule has 0 bridgehead atoms. The Morgan fingerprint density at radius 2 is 1.82 bits per heavy atom. The summed E-state index contributed by atoms with van der Waals surface area (Å²) < 4.78 is 0. The molecule has 2 atom stereocenters. The van der Waals surface area contributed by atoms with Gasteiger partial charge < -0.3 is 5.32 Å². The van der Waals surface area contributed by atoms with E-state index in [4.69, 9.17) is 0 Å². The lowest BCUT2D eigenvalue weighted by atomic mass is 10.2. The third-order valence-electron chi connectivity index (χ3n) is 2.83. The van der Waals surface area contributed by atoms with Gasteiger partial charge in [0.1, 0.15) is 0 Å². The summed E-state index contributed by atoms with van der Waals surface area (Å²) in [7, 11) is 0. The van der Waals surface area contributed by atoms with Crippen molar-refractivity contribution in [1.82, 2.24) is 5.32 Å². The van der Waals surface area contributed by atoms with Crippen molar-refractivity contribution in [3.63, 3.8) is 0 Å². The first kappa shape index (κ1) is 14.6. The second-order valence-electron chi connectivity index (χ2n) is 4.84. The van der Waals surface area contributed by atoms with E-state index in [1.807, 2.05) is 11.8 Å². The lowest BCUT2D eigenvalue weighted by Gasteiger charge is -2.17. The van der Waals surface area contributed by atoms with Crippen LogP contribution in [0.2, 0.25) is 0 Å². The van der Waals surface area contributed by atoms with E-state index in [1.54, 1.807) is 0 Å². The first-order valence-electron chi connectivity index (χ1n) is 6.58. The summed E-state index contributed by atoms with van der Waals surface area (Å²) >= 11 is 1.95. The Hall–Kier alpha value is -0.470. The Kier molecular flexibility index (Phi) is 6.68. The SMILES string of the molecule is CCCC(C)NCC(C)Sc1ccc(C)cc1. The van der Waals surface area contributed by atoms with Crippen LogP contribution in [0.3, 0.4) is 0 Å². The lowest BCUT2D eigenvalue weighted by Crippen LogP contribution is -2.31. The van der Waals surface area contributed by atoms with Gasteiger partial charge in [-0.15, -0.1) is 11.8 Å². The molecule has 1 nitrogen and oxygen atoms in total. The van der Waals surface area contributed by atoms with Gasteiger partial charge in [-0.2, -0.15) is 0 Å². The maximum absolute atomic E-state index is 3.59. The number of hydrogen-bond donors (Lipinski definition) is 1. The number of aryl methyl sites for hydroxylation is 1. The minimum atomic E-state index is 0.622. The standard InChI is InChI=1S/C15H25NS/c1-5-6-13(3)16-11-14(4)17-15-9-7-12(2)8-10-15/h7-10,13-14,16H,5-6,11H2,1-4H3. The van der Waals surface area contributed by atoms with E-state index in [-0.39, 0.29) is 0 Å². The van der Waals surface area contributed by atoms with Crippen molar-refractivity contribution in [2.75, 3.05) is 6.54 Å². The molecule has 0 aliphatic heterocycles. The highest BCUT2D eigenvalue weighted by atomic mass is 32.2. The molecule has 1 aromatic carbocycles. The summed E-state index contributed by atoms with van der Waals surface area (Å²) in [6.07, 6.45) is 2.52. The van der Waals surface area contributed by atoms with Crippen LogP contribution in [-0.4, -0.2) is 17.8 Å². The van der Waals surface area contributed by atoms with Gasteiger partial charge >= 0.3 is 0 Å². The average molecular weight is 251 g/mol. The van der Waals surface area contributed by atoms with Gasteiger partial charge in [0, 0.05) is 22.7 Å². The predicted molar refractivity (Wildman–Crippen MR) is 78.9 cm³/mol. The summed E-state index contributed by atoms with van der Waals surface area (Å²) in [6.45, 7) is 10.0. The van der Waals surface area contributed by atoms with Crippen molar-refractivity contribution in [2.45, 2.75) is 56.7 Å². The molecule has 0 saturated carbocycles. The van der Waals surface area contributed by atoms with Gasteiger partial charge in [-0.05, 0) is 32.4 Å². The molecule has 96 valence electrons. The van der Waals surface area contributed by atoms with Gasteiger partial charge in [0.15, 0.2) is 0 Å². The molecule has 1 rings (SSSR count). The second kappa shape index (κ2) is 7.78. The molecule has 1 aromatic rings. The highest BCUT2D eigenvalue weighted by Gasteiger charge is 2.06. The number of rotatable bonds is 7. The zero-order chi connectivity index (χ0) is 12.7. The van der Waals surface area contributed by atoms with Crippen molar-refractivity contribution >= 4 is 11.8 Å². The third-order valence-corrected chi connectivity index (χ3v) is 3.95. The number of benzene rings is 1. The number of hydrogen-bond acceptors (Lipinski definition) is 2. The van der Waals surface area contributed by atoms with Gasteiger partial charge in [-0.3, -0.25) is 0 Å². The Bertz CT molecular complexity index is 307. The molecule has 0 aromatic heterocycles. The maximum Gasteiger partial charge on any atom is 0.0191 e. The Morgan fingerprint density at radius 3 is 2.41 bits per heavy atom. The van der Waals surface area contributed by atoms with E-state index < -0.39 is 0 Å². The van der Waals surface area contributed by atoms with Crippen molar-refractivity contribution in [2.24, 2.45) is 0 Å². The fraction of sp³-hybridized carbons (Fsp3) is 0.600. The van der Waals surface area contributed by atoms with E-state index >= 15 is 0 Å². The van der Waals surface area contributed by atoms with Crippen molar-refractivity contribution in [3.8, 4) is 0 Å². The Labute approximate surface area is 110 Å². The molecular formula is C15H25NS. The smallest absolute Gasteiger partial charge is 0.0191 e. The first-order chi connectivity index (χ1) is 8.11. The maximum atomic E-state index is 3.59. The van der Waals surface area contributed by atoms with Gasteiger partial charge in [0.2, 0.25) is 0 Å². The van der Waals surface area contributed by atoms with E-state index in [2.05, 4.69) is 57.3 Å². The number of thioether (sulfide) groups is 1. The van der Waals surface area contributed by atoms with Crippen LogP contribution in [0.4, 0.5) is 0 Å². The normalized spacial score (nSPS) is 14.6.